The molecule has 4 atom stereocenters. The third kappa shape index (κ3) is 6.56. The summed E-state index contributed by atoms with van der Waals surface area (Å²) in [7, 11) is 0. The van der Waals surface area contributed by atoms with Crippen LogP contribution in [-0.4, -0.2) is 81.8 Å². The van der Waals surface area contributed by atoms with Crippen molar-refractivity contribution in [3.05, 3.63) is 35.9 Å². The Bertz CT molecular complexity index is 955. The van der Waals surface area contributed by atoms with Gasteiger partial charge in [-0.3, -0.25) is 19.2 Å². The van der Waals surface area contributed by atoms with Gasteiger partial charge in [-0.15, -0.1) is 0 Å². The van der Waals surface area contributed by atoms with E-state index in [-0.39, 0.29) is 25.2 Å². The van der Waals surface area contributed by atoms with E-state index in [0.29, 0.717) is 38.8 Å². The van der Waals surface area contributed by atoms with E-state index in [1.807, 2.05) is 6.07 Å². The van der Waals surface area contributed by atoms with E-state index in [1.54, 1.807) is 24.3 Å². The highest BCUT2D eigenvalue weighted by atomic mass is 16.4. The molecule has 0 aromatic heterocycles. The smallest absolute Gasteiger partial charge is 0.326 e. The first kappa shape index (κ1) is 26.1. The van der Waals surface area contributed by atoms with E-state index in [1.165, 1.54) is 9.80 Å². The quantitative estimate of drug-likeness (QED) is 0.340. The first-order chi connectivity index (χ1) is 16.7. The van der Waals surface area contributed by atoms with Gasteiger partial charge in [-0.2, -0.15) is 0 Å². The number of amides is 4. The maximum atomic E-state index is 13.4. The van der Waals surface area contributed by atoms with Crippen molar-refractivity contribution in [1.82, 2.24) is 15.1 Å². The lowest BCUT2D eigenvalue weighted by atomic mass is 10.0. The van der Waals surface area contributed by atoms with Crippen molar-refractivity contribution in [3.63, 3.8) is 0 Å². The molecule has 2 aliphatic heterocycles. The molecule has 0 aliphatic carbocycles. The number of benzene rings is 1. The molecule has 4 unspecified atom stereocenters. The first-order valence-corrected chi connectivity index (χ1v) is 11.9. The highest BCUT2D eigenvalue weighted by molar-refractivity contribution is 5.95. The Labute approximate surface area is 203 Å². The van der Waals surface area contributed by atoms with Gasteiger partial charge in [-0.05, 0) is 37.7 Å². The lowest BCUT2D eigenvalue weighted by molar-refractivity contribution is -0.148. The number of nitrogens with zero attached hydrogens (tertiary/aromatic N) is 2. The van der Waals surface area contributed by atoms with Crippen LogP contribution in [0.15, 0.2) is 30.3 Å². The molecule has 2 saturated heterocycles. The number of carboxylic acid groups (broad SMARTS) is 1. The number of nitrogens with one attached hydrogen (secondary N) is 1. The summed E-state index contributed by atoms with van der Waals surface area (Å²) in [5, 5.41) is 12.2. The number of hydrogen-bond donors (Lipinski definition) is 4. The van der Waals surface area contributed by atoms with E-state index in [2.05, 4.69) is 5.32 Å². The average Bonchev–Trinajstić information content (AvgIpc) is 3.52. The SMILES string of the molecule is NC(=O)CCC(N)C(=O)N1CCCC1C(=O)N1CCCC1C(=O)NC(Cc1ccccc1)C(=O)O. The molecule has 1 aromatic carbocycles. The van der Waals surface area contributed by atoms with Gasteiger partial charge in [0.05, 0.1) is 6.04 Å². The standard InChI is InChI=1S/C24H33N5O6/c25-16(10-11-20(26)30)22(32)29-13-5-9-19(29)23(33)28-12-4-8-18(28)21(31)27-17(24(34)35)14-15-6-2-1-3-7-15/h1-3,6-7,16-19H,4-5,8-14,25H2,(H2,26,30)(H,27,31)(H,34,35). The predicted octanol–water partition coefficient (Wildman–Crippen LogP) is -0.627. The molecule has 2 heterocycles. The maximum Gasteiger partial charge on any atom is 0.326 e. The zero-order valence-corrected chi connectivity index (χ0v) is 19.6. The molecule has 11 heteroatoms. The number of hydrogen-bond acceptors (Lipinski definition) is 6. The summed E-state index contributed by atoms with van der Waals surface area (Å²) in [6, 6.07) is 5.36. The van der Waals surface area contributed by atoms with Crippen LogP contribution >= 0.6 is 0 Å². The van der Waals surface area contributed by atoms with Gasteiger partial charge in [0.2, 0.25) is 23.6 Å². The minimum absolute atomic E-state index is 0.0263. The molecule has 4 amide bonds. The summed E-state index contributed by atoms with van der Waals surface area (Å²) in [5.74, 6) is -2.99. The van der Waals surface area contributed by atoms with Crippen LogP contribution in [0.5, 0.6) is 0 Å². The molecule has 0 bridgehead atoms. The van der Waals surface area contributed by atoms with Crippen LogP contribution in [0.4, 0.5) is 0 Å². The lowest BCUT2D eigenvalue weighted by Crippen LogP contribution is -2.56. The monoisotopic (exact) mass is 487 g/mol. The molecule has 11 nitrogen and oxygen atoms in total. The van der Waals surface area contributed by atoms with Gasteiger partial charge in [0.1, 0.15) is 18.1 Å². The number of likely N-dealkylation sites (tertiary alicyclic amines) is 2. The molecule has 0 radical (unpaired) electrons. The van der Waals surface area contributed by atoms with Crippen molar-refractivity contribution < 1.29 is 29.1 Å². The Hall–Kier alpha value is -3.47. The summed E-state index contributed by atoms with van der Waals surface area (Å²) >= 11 is 0. The van der Waals surface area contributed by atoms with E-state index >= 15 is 0 Å². The van der Waals surface area contributed by atoms with E-state index in [4.69, 9.17) is 11.5 Å². The Balaban J connectivity index is 1.65. The molecule has 6 N–H and O–H groups in total. The molecule has 35 heavy (non-hydrogen) atoms. The van der Waals surface area contributed by atoms with Crippen molar-refractivity contribution in [2.24, 2.45) is 11.5 Å². The Morgan fingerprint density at radius 1 is 1.00 bits per heavy atom. The molecular formula is C24H33N5O6. The van der Waals surface area contributed by atoms with Gasteiger partial charge in [0.15, 0.2) is 0 Å². The molecule has 3 rings (SSSR count). The second-order valence-corrected chi connectivity index (χ2v) is 9.08. The molecule has 190 valence electrons. The number of primary amides is 1. The Kier molecular flexibility index (Phi) is 8.80. The molecule has 2 aliphatic rings. The van der Waals surface area contributed by atoms with Crippen LogP contribution in [0.25, 0.3) is 0 Å². The Morgan fingerprint density at radius 3 is 2.26 bits per heavy atom. The number of nitrogens with two attached hydrogens (primary N) is 2. The fraction of sp³-hybridized carbons (Fsp3) is 0.542. The number of carbonyl (C=O) groups is 5. The predicted molar refractivity (Wildman–Crippen MR) is 126 cm³/mol. The van der Waals surface area contributed by atoms with Gasteiger partial charge in [-0.25, -0.2) is 4.79 Å². The highest BCUT2D eigenvalue weighted by Crippen LogP contribution is 2.26. The van der Waals surface area contributed by atoms with Crippen molar-refractivity contribution in [1.29, 1.82) is 0 Å². The second-order valence-electron chi connectivity index (χ2n) is 9.08. The van der Waals surface area contributed by atoms with Gasteiger partial charge in [-0.1, -0.05) is 30.3 Å². The molecule has 0 saturated carbocycles. The molecule has 2 fully saturated rings. The lowest BCUT2D eigenvalue weighted by Gasteiger charge is -2.32. The maximum absolute atomic E-state index is 13.4. The van der Waals surface area contributed by atoms with E-state index in [0.717, 1.165) is 5.56 Å². The fourth-order valence-corrected chi connectivity index (χ4v) is 4.73. The summed E-state index contributed by atoms with van der Waals surface area (Å²) in [5.41, 5.74) is 11.8. The van der Waals surface area contributed by atoms with Crippen molar-refractivity contribution in [2.75, 3.05) is 13.1 Å². The second kappa shape index (κ2) is 11.8. The summed E-state index contributed by atoms with van der Waals surface area (Å²) in [4.78, 5) is 64.9. The van der Waals surface area contributed by atoms with Crippen LogP contribution in [0.1, 0.15) is 44.1 Å². The van der Waals surface area contributed by atoms with Gasteiger partial charge >= 0.3 is 5.97 Å². The normalized spacial score (nSPS) is 21.4. The van der Waals surface area contributed by atoms with Crippen LogP contribution in [0, 0.1) is 0 Å². The summed E-state index contributed by atoms with van der Waals surface area (Å²) in [6.07, 6.45) is 2.26. The molecule has 1 aromatic rings. The van der Waals surface area contributed by atoms with Crippen LogP contribution in [0.2, 0.25) is 0 Å². The van der Waals surface area contributed by atoms with Gasteiger partial charge in [0, 0.05) is 25.9 Å². The van der Waals surface area contributed by atoms with Crippen LogP contribution in [-0.2, 0) is 30.4 Å². The minimum atomic E-state index is -1.16. The number of carboxylic acids is 1. The third-order valence-corrected chi connectivity index (χ3v) is 6.58. The number of rotatable bonds is 10. The molecule has 0 spiro atoms. The number of carbonyl (C=O) groups excluding carboxylic acids is 4. The first-order valence-electron chi connectivity index (χ1n) is 11.9. The van der Waals surface area contributed by atoms with Crippen LogP contribution in [0.3, 0.4) is 0 Å². The zero-order chi connectivity index (χ0) is 25.5. The van der Waals surface area contributed by atoms with E-state index < -0.39 is 47.9 Å². The van der Waals surface area contributed by atoms with Crippen molar-refractivity contribution in [3.8, 4) is 0 Å². The minimum Gasteiger partial charge on any atom is -0.480 e. The van der Waals surface area contributed by atoms with Gasteiger partial charge in [0.25, 0.3) is 0 Å². The molecular weight excluding hydrogens is 454 g/mol. The van der Waals surface area contributed by atoms with Crippen molar-refractivity contribution in [2.45, 2.75) is 69.1 Å². The Morgan fingerprint density at radius 2 is 1.63 bits per heavy atom. The fourth-order valence-electron chi connectivity index (χ4n) is 4.73. The van der Waals surface area contributed by atoms with E-state index in [9.17, 15) is 29.1 Å². The van der Waals surface area contributed by atoms with Crippen LogP contribution < -0.4 is 16.8 Å². The zero-order valence-electron chi connectivity index (χ0n) is 19.6. The van der Waals surface area contributed by atoms with Gasteiger partial charge < -0.3 is 31.7 Å². The highest BCUT2D eigenvalue weighted by Gasteiger charge is 2.43. The topological polar surface area (TPSA) is 176 Å². The average molecular weight is 488 g/mol. The number of aliphatic carboxylic acids is 1. The largest absolute Gasteiger partial charge is 0.480 e. The third-order valence-electron chi connectivity index (χ3n) is 6.58. The van der Waals surface area contributed by atoms with Crippen molar-refractivity contribution >= 4 is 29.6 Å². The summed E-state index contributed by atoms with van der Waals surface area (Å²) in [6.45, 7) is 0.710. The summed E-state index contributed by atoms with van der Waals surface area (Å²) < 4.78 is 0.